The van der Waals surface area contributed by atoms with E-state index in [1.807, 2.05) is 0 Å². The van der Waals surface area contributed by atoms with Crippen molar-refractivity contribution < 1.29 is 22.0 Å². The Labute approximate surface area is 122 Å². The van der Waals surface area contributed by atoms with Crippen LogP contribution >= 0.6 is 0 Å². The summed E-state index contributed by atoms with van der Waals surface area (Å²) in [5, 5.41) is 0. The van der Waals surface area contributed by atoms with Crippen LogP contribution in [0.25, 0.3) is 0 Å². The minimum atomic E-state index is -3.30. The van der Waals surface area contributed by atoms with Crippen LogP contribution in [0.3, 0.4) is 0 Å². The number of carbonyl (C=O) groups is 1. The second-order valence-electron chi connectivity index (χ2n) is 5.86. The Hall–Kier alpha value is -1.50. The number of hydrogen-bond acceptors (Lipinski definition) is 3. The van der Waals surface area contributed by atoms with E-state index in [2.05, 4.69) is 0 Å². The summed E-state index contributed by atoms with van der Waals surface area (Å²) in [6.07, 6.45) is -1.50. The molecule has 1 aromatic carbocycles. The van der Waals surface area contributed by atoms with Gasteiger partial charge in [0.25, 0.3) is 5.91 Å². The van der Waals surface area contributed by atoms with Gasteiger partial charge in [0.2, 0.25) is 6.43 Å². The number of hydrogen-bond donors (Lipinski definition) is 0. The highest BCUT2D eigenvalue weighted by molar-refractivity contribution is 7.90. The van der Waals surface area contributed by atoms with Crippen molar-refractivity contribution in [2.24, 2.45) is 5.41 Å². The van der Waals surface area contributed by atoms with Crippen LogP contribution in [0.4, 0.5) is 8.78 Å². The van der Waals surface area contributed by atoms with E-state index in [0.29, 0.717) is 18.7 Å². The van der Waals surface area contributed by atoms with Gasteiger partial charge in [-0.3, -0.25) is 4.79 Å². The molecular weight excluding hydrogens is 300 g/mol. The summed E-state index contributed by atoms with van der Waals surface area (Å²) in [6.45, 7) is 2.32. The molecular formula is C14H17F2NO3S. The molecule has 0 N–H and O–H groups in total. The molecule has 0 bridgehead atoms. The Morgan fingerprint density at radius 3 is 2.24 bits per heavy atom. The number of halogens is 2. The lowest BCUT2D eigenvalue weighted by atomic mass is 9.78. The molecule has 0 aromatic heterocycles. The molecule has 0 unspecified atom stereocenters. The summed E-state index contributed by atoms with van der Waals surface area (Å²) in [5.74, 6) is -0.262. The van der Waals surface area contributed by atoms with E-state index in [0.717, 1.165) is 6.26 Å². The lowest BCUT2D eigenvalue weighted by Crippen LogP contribution is -2.57. The van der Waals surface area contributed by atoms with Crippen molar-refractivity contribution in [1.29, 1.82) is 0 Å². The topological polar surface area (TPSA) is 54.5 Å². The molecule has 1 aromatic rings. The Morgan fingerprint density at radius 2 is 1.81 bits per heavy atom. The summed E-state index contributed by atoms with van der Waals surface area (Å²) in [4.78, 5) is 13.8. The first-order valence-electron chi connectivity index (χ1n) is 6.48. The Morgan fingerprint density at radius 1 is 1.29 bits per heavy atom. The van der Waals surface area contributed by atoms with Gasteiger partial charge in [0.05, 0.1) is 4.90 Å². The zero-order valence-electron chi connectivity index (χ0n) is 11.8. The van der Waals surface area contributed by atoms with Crippen molar-refractivity contribution in [2.45, 2.75) is 24.7 Å². The average Bonchev–Trinajstić information content (AvgIpc) is 2.33. The van der Waals surface area contributed by atoms with Crippen LogP contribution in [0.5, 0.6) is 0 Å². The first-order valence-corrected chi connectivity index (χ1v) is 8.37. The first-order chi connectivity index (χ1) is 9.61. The van der Waals surface area contributed by atoms with Gasteiger partial charge in [-0.25, -0.2) is 17.2 Å². The third-order valence-electron chi connectivity index (χ3n) is 3.61. The third-order valence-corrected chi connectivity index (χ3v) is 4.74. The molecule has 1 amide bonds. The largest absolute Gasteiger partial charge is 0.337 e. The zero-order chi connectivity index (χ0) is 15.8. The number of likely N-dealkylation sites (tertiary alicyclic amines) is 1. The predicted molar refractivity (Wildman–Crippen MR) is 74.2 cm³/mol. The minimum absolute atomic E-state index is 0.144. The summed E-state index contributed by atoms with van der Waals surface area (Å²) < 4.78 is 47.5. The quantitative estimate of drug-likeness (QED) is 0.855. The molecule has 1 fully saturated rings. The molecule has 0 atom stereocenters. The highest BCUT2D eigenvalue weighted by Crippen LogP contribution is 2.36. The van der Waals surface area contributed by atoms with Crippen LogP contribution in [0.15, 0.2) is 29.2 Å². The van der Waals surface area contributed by atoms with Crippen molar-refractivity contribution >= 4 is 15.7 Å². The van der Waals surface area contributed by atoms with Crippen molar-refractivity contribution in [3.05, 3.63) is 29.8 Å². The molecule has 1 aliphatic rings. The van der Waals surface area contributed by atoms with Crippen molar-refractivity contribution in [3.63, 3.8) is 0 Å². The van der Waals surface area contributed by atoms with Crippen LogP contribution in [0, 0.1) is 5.41 Å². The molecule has 1 aliphatic heterocycles. The maximum Gasteiger partial charge on any atom is 0.253 e. The molecule has 1 saturated heterocycles. The lowest BCUT2D eigenvalue weighted by Gasteiger charge is -2.48. The van der Waals surface area contributed by atoms with Gasteiger partial charge in [-0.1, -0.05) is 6.92 Å². The average molecular weight is 317 g/mol. The fourth-order valence-electron chi connectivity index (χ4n) is 2.55. The molecule has 2 rings (SSSR count). The Balaban J connectivity index is 2.03. The molecule has 7 heteroatoms. The van der Waals surface area contributed by atoms with Gasteiger partial charge in [-0.05, 0) is 24.3 Å². The third kappa shape index (κ3) is 3.58. The van der Waals surface area contributed by atoms with Gasteiger partial charge < -0.3 is 4.90 Å². The maximum absolute atomic E-state index is 12.4. The van der Waals surface area contributed by atoms with Gasteiger partial charge in [0.15, 0.2) is 9.84 Å². The molecule has 0 radical (unpaired) electrons. The van der Waals surface area contributed by atoms with Crippen LogP contribution in [-0.2, 0) is 9.84 Å². The van der Waals surface area contributed by atoms with E-state index in [-0.39, 0.29) is 17.2 Å². The summed E-state index contributed by atoms with van der Waals surface area (Å²) in [5.41, 5.74) is -0.169. The normalized spacial score (nSPS) is 17.7. The molecule has 21 heavy (non-hydrogen) atoms. The van der Waals surface area contributed by atoms with Crippen molar-refractivity contribution in [2.75, 3.05) is 19.3 Å². The fourth-order valence-corrected chi connectivity index (χ4v) is 3.18. The monoisotopic (exact) mass is 317 g/mol. The number of alkyl halides is 2. The molecule has 116 valence electrons. The van der Waals surface area contributed by atoms with E-state index in [4.69, 9.17) is 0 Å². The molecule has 0 spiro atoms. The molecule has 0 aliphatic carbocycles. The number of benzene rings is 1. The highest BCUT2D eigenvalue weighted by atomic mass is 32.2. The van der Waals surface area contributed by atoms with E-state index < -0.39 is 21.7 Å². The van der Waals surface area contributed by atoms with Crippen molar-refractivity contribution in [1.82, 2.24) is 4.90 Å². The van der Waals surface area contributed by atoms with Crippen LogP contribution in [0.1, 0.15) is 23.7 Å². The van der Waals surface area contributed by atoms with Gasteiger partial charge in [-0.2, -0.15) is 0 Å². The van der Waals surface area contributed by atoms with E-state index in [1.54, 1.807) is 6.92 Å². The maximum atomic E-state index is 12.4. The summed E-state index contributed by atoms with van der Waals surface area (Å²) >= 11 is 0. The van der Waals surface area contributed by atoms with Crippen molar-refractivity contribution in [3.8, 4) is 0 Å². The second-order valence-corrected chi connectivity index (χ2v) is 7.88. The van der Waals surface area contributed by atoms with Gasteiger partial charge >= 0.3 is 0 Å². The van der Waals surface area contributed by atoms with Crippen LogP contribution < -0.4 is 0 Å². The SMILES string of the molecule is CC1(CC(F)F)CN(C(=O)c2ccc(S(C)(=O)=O)cc2)C1. The van der Waals surface area contributed by atoms with Crippen LogP contribution in [-0.4, -0.2) is 45.0 Å². The predicted octanol–water partition coefficient (Wildman–Crippen LogP) is 2.21. The number of carbonyl (C=O) groups excluding carboxylic acids is 1. The second kappa shape index (κ2) is 5.36. The molecule has 4 nitrogen and oxygen atoms in total. The minimum Gasteiger partial charge on any atom is -0.337 e. The van der Waals surface area contributed by atoms with E-state index >= 15 is 0 Å². The Bertz CT molecular complexity index is 635. The first kappa shape index (κ1) is 15.9. The van der Waals surface area contributed by atoms with E-state index in [1.165, 1.54) is 29.2 Å². The lowest BCUT2D eigenvalue weighted by molar-refractivity contribution is -0.0219. The van der Waals surface area contributed by atoms with E-state index in [9.17, 15) is 22.0 Å². The molecule has 1 heterocycles. The molecule has 0 saturated carbocycles. The highest BCUT2D eigenvalue weighted by Gasteiger charge is 2.43. The summed E-state index contributed by atoms with van der Waals surface area (Å²) in [6, 6.07) is 5.64. The Kier molecular flexibility index (Phi) is 4.06. The van der Waals surface area contributed by atoms with Crippen LogP contribution in [0.2, 0.25) is 0 Å². The summed E-state index contributed by atoms with van der Waals surface area (Å²) in [7, 11) is -3.30. The van der Waals surface area contributed by atoms with Gasteiger partial charge in [0, 0.05) is 36.7 Å². The number of nitrogens with zero attached hydrogens (tertiary/aromatic N) is 1. The number of sulfone groups is 1. The number of rotatable bonds is 4. The fraction of sp³-hybridized carbons (Fsp3) is 0.500. The standard InChI is InChI=1S/C14H17F2NO3S/c1-14(7-12(15)16)8-17(9-14)13(18)10-3-5-11(6-4-10)21(2,19)20/h3-6,12H,7-9H2,1-2H3. The van der Waals surface area contributed by atoms with Gasteiger partial charge in [-0.15, -0.1) is 0 Å². The number of amides is 1. The smallest absolute Gasteiger partial charge is 0.253 e. The zero-order valence-corrected chi connectivity index (χ0v) is 12.7. The van der Waals surface area contributed by atoms with Gasteiger partial charge in [0.1, 0.15) is 0 Å².